The molecule has 1 unspecified atom stereocenters. The second-order valence-electron chi connectivity index (χ2n) is 7.67. The highest BCUT2D eigenvalue weighted by molar-refractivity contribution is 7.99. The molecule has 0 spiro atoms. The third-order valence-electron chi connectivity index (χ3n) is 4.68. The van der Waals surface area contributed by atoms with E-state index in [-0.39, 0.29) is 11.8 Å². The molecular weight excluding hydrogens is 396 g/mol. The first-order chi connectivity index (χ1) is 14.4. The van der Waals surface area contributed by atoms with Crippen molar-refractivity contribution in [2.45, 2.75) is 39.1 Å². The van der Waals surface area contributed by atoms with Crippen molar-refractivity contribution >= 4 is 23.6 Å². The molecule has 1 atom stereocenters. The number of hydrogen-bond acceptors (Lipinski definition) is 4. The molecule has 2 aromatic carbocycles. The Morgan fingerprint density at radius 1 is 1.03 bits per heavy atom. The highest BCUT2D eigenvalue weighted by Gasteiger charge is 2.26. The van der Waals surface area contributed by atoms with Crippen LogP contribution < -0.4 is 10.1 Å². The Labute approximate surface area is 184 Å². The van der Waals surface area contributed by atoms with E-state index in [1.165, 1.54) is 5.56 Å². The second-order valence-corrected chi connectivity index (χ2v) is 8.65. The van der Waals surface area contributed by atoms with Crippen LogP contribution in [-0.4, -0.2) is 42.2 Å². The van der Waals surface area contributed by atoms with E-state index in [0.717, 1.165) is 17.1 Å². The first-order valence-electron chi connectivity index (χ1n) is 10.2. The van der Waals surface area contributed by atoms with E-state index in [9.17, 15) is 9.59 Å². The molecule has 0 saturated carbocycles. The largest absolute Gasteiger partial charge is 0.497 e. The minimum atomic E-state index is -0.556. The van der Waals surface area contributed by atoms with Gasteiger partial charge in [-0.2, -0.15) is 0 Å². The van der Waals surface area contributed by atoms with E-state index in [1.54, 1.807) is 30.7 Å². The molecule has 1 N–H and O–H groups in total. The Bertz CT molecular complexity index is 811. The summed E-state index contributed by atoms with van der Waals surface area (Å²) in [6.07, 6.45) is 0. The first-order valence-corrected chi connectivity index (χ1v) is 11.4. The average Bonchev–Trinajstić information content (AvgIpc) is 2.76. The van der Waals surface area contributed by atoms with Crippen LogP contribution in [0.3, 0.4) is 0 Å². The zero-order valence-corrected chi connectivity index (χ0v) is 19.1. The summed E-state index contributed by atoms with van der Waals surface area (Å²) in [7, 11) is 1.62. The van der Waals surface area contributed by atoms with Crippen molar-refractivity contribution in [1.29, 1.82) is 0 Å². The third kappa shape index (κ3) is 7.75. The van der Waals surface area contributed by atoms with Crippen LogP contribution in [0.25, 0.3) is 0 Å². The number of ether oxygens (including phenoxy) is 1. The van der Waals surface area contributed by atoms with Crippen LogP contribution >= 0.6 is 11.8 Å². The lowest BCUT2D eigenvalue weighted by atomic mass is 10.1. The summed E-state index contributed by atoms with van der Waals surface area (Å²) in [4.78, 5) is 27.4. The van der Waals surface area contributed by atoms with Crippen molar-refractivity contribution in [1.82, 2.24) is 10.2 Å². The summed E-state index contributed by atoms with van der Waals surface area (Å²) in [6, 6.07) is 17.1. The predicted molar refractivity (Wildman–Crippen MR) is 123 cm³/mol. The molecule has 30 heavy (non-hydrogen) atoms. The van der Waals surface area contributed by atoms with Crippen molar-refractivity contribution < 1.29 is 14.3 Å². The monoisotopic (exact) mass is 428 g/mol. The molecule has 0 bridgehead atoms. The molecule has 5 nitrogen and oxygen atoms in total. The Morgan fingerprint density at radius 3 is 2.40 bits per heavy atom. The number of carbonyl (C=O) groups is 2. The molecule has 0 aliphatic heterocycles. The fourth-order valence-electron chi connectivity index (χ4n) is 2.92. The molecule has 0 aromatic heterocycles. The standard InChI is InChI=1S/C24H32N2O3S/c1-18(2)14-25-24(28)19(3)26(15-21-11-8-12-22(13-21)29-4)23(27)17-30-16-20-9-6-5-7-10-20/h5-13,18-19H,14-17H2,1-4H3,(H,25,28). The van der Waals surface area contributed by atoms with Gasteiger partial charge in [0.05, 0.1) is 12.9 Å². The normalized spacial score (nSPS) is 11.8. The lowest BCUT2D eigenvalue weighted by molar-refractivity contribution is -0.138. The predicted octanol–water partition coefficient (Wildman–Crippen LogP) is 4.12. The van der Waals surface area contributed by atoms with E-state index in [2.05, 4.69) is 5.32 Å². The number of hydrogen-bond donors (Lipinski definition) is 1. The van der Waals surface area contributed by atoms with Gasteiger partial charge in [-0.1, -0.05) is 56.3 Å². The van der Waals surface area contributed by atoms with E-state index in [0.29, 0.717) is 24.8 Å². The van der Waals surface area contributed by atoms with Crippen LogP contribution in [0.5, 0.6) is 5.75 Å². The third-order valence-corrected chi connectivity index (χ3v) is 5.66. The van der Waals surface area contributed by atoms with Crippen molar-refractivity contribution in [2.24, 2.45) is 5.92 Å². The van der Waals surface area contributed by atoms with Crippen molar-refractivity contribution in [3.63, 3.8) is 0 Å². The Balaban J connectivity index is 2.08. The number of nitrogens with zero attached hydrogens (tertiary/aromatic N) is 1. The smallest absolute Gasteiger partial charge is 0.242 e. The van der Waals surface area contributed by atoms with Gasteiger partial charge in [-0.05, 0) is 36.1 Å². The number of benzene rings is 2. The summed E-state index contributed by atoms with van der Waals surface area (Å²) in [5.41, 5.74) is 2.11. The Kier molecular flexibility index (Phi) is 9.74. The van der Waals surface area contributed by atoms with Gasteiger partial charge in [-0.3, -0.25) is 9.59 Å². The first kappa shape index (κ1) is 23.8. The molecule has 6 heteroatoms. The number of amides is 2. The highest BCUT2D eigenvalue weighted by Crippen LogP contribution is 2.18. The van der Waals surface area contributed by atoms with Crippen LogP contribution in [0.4, 0.5) is 0 Å². The number of carbonyl (C=O) groups excluding carboxylic acids is 2. The van der Waals surface area contributed by atoms with E-state index >= 15 is 0 Å². The zero-order chi connectivity index (χ0) is 21.9. The zero-order valence-electron chi connectivity index (χ0n) is 18.3. The number of nitrogens with one attached hydrogen (secondary N) is 1. The van der Waals surface area contributed by atoms with Gasteiger partial charge < -0.3 is 15.0 Å². The molecule has 0 aliphatic carbocycles. The van der Waals surface area contributed by atoms with Gasteiger partial charge in [0.2, 0.25) is 11.8 Å². The van der Waals surface area contributed by atoms with Crippen LogP contribution in [0.15, 0.2) is 54.6 Å². The fourth-order valence-corrected chi connectivity index (χ4v) is 3.79. The molecule has 0 radical (unpaired) electrons. The fraction of sp³-hybridized carbons (Fsp3) is 0.417. The molecule has 2 aromatic rings. The van der Waals surface area contributed by atoms with Gasteiger partial charge >= 0.3 is 0 Å². The van der Waals surface area contributed by atoms with E-state index < -0.39 is 6.04 Å². The van der Waals surface area contributed by atoms with Gasteiger partial charge in [0, 0.05) is 18.8 Å². The molecular formula is C24H32N2O3S. The SMILES string of the molecule is COc1cccc(CN(C(=O)CSCc2ccccc2)C(C)C(=O)NCC(C)C)c1. The lowest BCUT2D eigenvalue weighted by Crippen LogP contribution is -2.48. The minimum Gasteiger partial charge on any atom is -0.497 e. The molecule has 0 saturated heterocycles. The summed E-state index contributed by atoms with van der Waals surface area (Å²) < 4.78 is 5.30. The summed E-state index contributed by atoms with van der Waals surface area (Å²) in [5, 5.41) is 2.94. The summed E-state index contributed by atoms with van der Waals surface area (Å²) in [6.45, 7) is 6.83. The maximum Gasteiger partial charge on any atom is 0.242 e. The second kappa shape index (κ2) is 12.3. The van der Waals surface area contributed by atoms with Gasteiger partial charge in [0.25, 0.3) is 0 Å². The molecule has 162 valence electrons. The summed E-state index contributed by atoms with van der Waals surface area (Å²) >= 11 is 1.56. The van der Waals surface area contributed by atoms with Gasteiger partial charge in [0.15, 0.2) is 0 Å². The topological polar surface area (TPSA) is 58.6 Å². The number of methoxy groups -OCH3 is 1. The number of thioether (sulfide) groups is 1. The lowest BCUT2D eigenvalue weighted by Gasteiger charge is -2.29. The van der Waals surface area contributed by atoms with Crippen LogP contribution in [0.2, 0.25) is 0 Å². The maximum atomic E-state index is 13.1. The molecule has 0 heterocycles. The van der Waals surface area contributed by atoms with Crippen LogP contribution in [0, 0.1) is 5.92 Å². The quantitative estimate of drug-likeness (QED) is 0.585. The van der Waals surface area contributed by atoms with E-state index in [1.807, 2.05) is 68.4 Å². The maximum absolute atomic E-state index is 13.1. The summed E-state index contributed by atoms with van der Waals surface area (Å²) in [5.74, 6) is 1.98. The van der Waals surface area contributed by atoms with Crippen LogP contribution in [-0.2, 0) is 21.9 Å². The van der Waals surface area contributed by atoms with Gasteiger partial charge in [-0.15, -0.1) is 11.8 Å². The van der Waals surface area contributed by atoms with Crippen molar-refractivity contribution in [2.75, 3.05) is 19.4 Å². The van der Waals surface area contributed by atoms with Crippen LogP contribution in [0.1, 0.15) is 31.9 Å². The van der Waals surface area contributed by atoms with E-state index in [4.69, 9.17) is 4.74 Å². The van der Waals surface area contributed by atoms with Crippen molar-refractivity contribution in [3.05, 3.63) is 65.7 Å². The number of rotatable bonds is 11. The molecule has 2 amide bonds. The Hall–Kier alpha value is -2.47. The highest BCUT2D eigenvalue weighted by atomic mass is 32.2. The van der Waals surface area contributed by atoms with Gasteiger partial charge in [-0.25, -0.2) is 0 Å². The van der Waals surface area contributed by atoms with Crippen molar-refractivity contribution in [3.8, 4) is 5.75 Å². The molecule has 0 fully saturated rings. The minimum absolute atomic E-state index is 0.0500. The molecule has 0 aliphatic rings. The molecule has 2 rings (SSSR count). The Morgan fingerprint density at radius 2 is 1.73 bits per heavy atom. The average molecular weight is 429 g/mol. The van der Waals surface area contributed by atoms with Gasteiger partial charge in [0.1, 0.15) is 11.8 Å².